The summed E-state index contributed by atoms with van der Waals surface area (Å²) in [5.41, 5.74) is -0.645. The highest BCUT2D eigenvalue weighted by Crippen LogP contribution is 2.31. The number of benzene rings is 2. The van der Waals surface area contributed by atoms with E-state index in [1.54, 1.807) is 48.5 Å². The molecule has 0 aliphatic rings. The number of aromatic nitrogens is 2. The van der Waals surface area contributed by atoms with Crippen LogP contribution in [0.3, 0.4) is 0 Å². The Kier molecular flexibility index (Phi) is 3.82. The van der Waals surface area contributed by atoms with Gasteiger partial charge in [0.15, 0.2) is 11.5 Å². The molecule has 1 aromatic heterocycles. The fourth-order valence-corrected chi connectivity index (χ4v) is 2.27. The molecule has 0 atom stereocenters. The van der Waals surface area contributed by atoms with Crippen LogP contribution < -0.4 is 0 Å². The number of hydrogen-bond donors (Lipinski definition) is 0. The second-order valence-corrected chi connectivity index (χ2v) is 4.97. The molecule has 23 heavy (non-hydrogen) atoms. The van der Waals surface area contributed by atoms with Gasteiger partial charge in [-0.1, -0.05) is 42.5 Å². The van der Waals surface area contributed by atoms with E-state index in [4.69, 9.17) is 0 Å². The Labute approximate surface area is 129 Å². The summed E-state index contributed by atoms with van der Waals surface area (Å²) < 4.78 is 39.6. The molecule has 0 saturated carbocycles. The zero-order chi connectivity index (χ0) is 16.4. The van der Waals surface area contributed by atoms with Crippen molar-refractivity contribution >= 4 is 16.8 Å². The quantitative estimate of drug-likeness (QED) is 0.684. The van der Waals surface area contributed by atoms with Gasteiger partial charge in [0.2, 0.25) is 0 Å². The third-order valence-electron chi connectivity index (χ3n) is 3.34. The second-order valence-electron chi connectivity index (χ2n) is 4.97. The number of para-hydroxylation sites is 2. The van der Waals surface area contributed by atoms with Crippen LogP contribution in [-0.2, 0) is 12.6 Å². The van der Waals surface area contributed by atoms with E-state index >= 15 is 0 Å². The average molecular weight is 316 g/mol. The van der Waals surface area contributed by atoms with Crippen molar-refractivity contribution in [1.82, 2.24) is 9.97 Å². The fourth-order valence-electron chi connectivity index (χ4n) is 2.27. The third-order valence-corrected chi connectivity index (χ3v) is 3.34. The standard InChI is InChI=1S/C17H11F3N2O/c18-17(19,20)16-14(10-15(23)11-6-2-1-3-7-11)21-12-8-4-5-9-13(12)22-16/h1-9H,10H2. The third kappa shape index (κ3) is 3.21. The molecule has 0 saturated heterocycles. The molecule has 0 radical (unpaired) electrons. The summed E-state index contributed by atoms with van der Waals surface area (Å²) in [5, 5.41) is 0. The minimum Gasteiger partial charge on any atom is -0.294 e. The van der Waals surface area contributed by atoms with E-state index in [2.05, 4.69) is 9.97 Å². The van der Waals surface area contributed by atoms with Crippen molar-refractivity contribution in [3.63, 3.8) is 0 Å². The smallest absolute Gasteiger partial charge is 0.294 e. The summed E-state index contributed by atoms with van der Waals surface area (Å²) in [6.45, 7) is 0. The van der Waals surface area contributed by atoms with Crippen LogP contribution in [-0.4, -0.2) is 15.8 Å². The molecule has 1 heterocycles. The van der Waals surface area contributed by atoms with Gasteiger partial charge < -0.3 is 0 Å². The van der Waals surface area contributed by atoms with Crippen LogP contribution in [0.2, 0.25) is 0 Å². The van der Waals surface area contributed by atoms with Crippen molar-refractivity contribution < 1.29 is 18.0 Å². The van der Waals surface area contributed by atoms with Crippen molar-refractivity contribution in [3.05, 3.63) is 71.5 Å². The van der Waals surface area contributed by atoms with Crippen molar-refractivity contribution in [3.8, 4) is 0 Å². The molecule has 0 amide bonds. The predicted octanol–water partition coefficient (Wildman–Crippen LogP) is 4.07. The molecule has 116 valence electrons. The molecular formula is C17H11F3N2O. The highest BCUT2D eigenvalue weighted by molar-refractivity contribution is 5.97. The van der Waals surface area contributed by atoms with Gasteiger partial charge in [0.1, 0.15) is 0 Å². The van der Waals surface area contributed by atoms with Crippen LogP contribution in [0.25, 0.3) is 11.0 Å². The molecule has 0 N–H and O–H groups in total. The summed E-state index contributed by atoms with van der Waals surface area (Å²) in [5.74, 6) is -0.430. The molecule has 3 aromatic rings. The van der Waals surface area contributed by atoms with Gasteiger partial charge in [-0.25, -0.2) is 9.97 Å². The van der Waals surface area contributed by atoms with Crippen LogP contribution in [0.5, 0.6) is 0 Å². The van der Waals surface area contributed by atoms with E-state index in [-0.39, 0.29) is 11.2 Å². The SMILES string of the molecule is O=C(Cc1nc2ccccc2nc1C(F)(F)F)c1ccccc1. The first-order valence-electron chi connectivity index (χ1n) is 6.86. The van der Waals surface area contributed by atoms with Crippen LogP contribution >= 0.6 is 0 Å². The van der Waals surface area contributed by atoms with Crippen molar-refractivity contribution in [1.29, 1.82) is 0 Å². The van der Waals surface area contributed by atoms with Crippen molar-refractivity contribution in [2.75, 3.05) is 0 Å². The van der Waals surface area contributed by atoms with E-state index in [1.807, 2.05) is 0 Å². The summed E-state index contributed by atoms with van der Waals surface area (Å²) in [6, 6.07) is 14.4. The number of fused-ring (bicyclic) bond motifs is 1. The lowest BCUT2D eigenvalue weighted by molar-refractivity contribution is -0.141. The van der Waals surface area contributed by atoms with Gasteiger partial charge in [0.25, 0.3) is 0 Å². The lowest BCUT2D eigenvalue weighted by Gasteiger charge is -2.12. The average Bonchev–Trinajstić information content (AvgIpc) is 2.54. The molecular weight excluding hydrogens is 305 g/mol. The summed E-state index contributed by atoms with van der Waals surface area (Å²) >= 11 is 0. The minimum absolute atomic E-state index is 0.149. The number of alkyl halides is 3. The first kappa shape index (κ1) is 15.1. The van der Waals surface area contributed by atoms with Crippen molar-refractivity contribution in [2.45, 2.75) is 12.6 Å². The van der Waals surface area contributed by atoms with Crippen molar-refractivity contribution in [2.24, 2.45) is 0 Å². The Morgan fingerprint density at radius 2 is 1.43 bits per heavy atom. The van der Waals surface area contributed by atoms with Gasteiger partial charge in [-0.3, -0.25) is 4.79 Å². The first-order valence-corrected chi connectivity index (χ1v) is 6.86. The molecule has 3 nitrogen and oxygen atoms in total. The summed E-state index contributed by atoms with van der Waals surface area (Å²) in [4.78, 5) is 19.9. The van der Waals surface area contributed by atoms with Gasteiger partial charge in [-0.2, -0.15) is 13.2 Å². The Morgan fingerprint density at radius 1 is 0.870 bits per heavy atom. The van der Waals surface area contributed by atoms with Gasteiger partial charge in [0.05, 0.1) is 23.1 Å². The maximum atomic E-state index is 13.2. The van der Waals surface area contributed by atoms with E-state index in [0.717, 1.165) is 0 Å². The predicted molar refractivity (Wildman–Crippen MR) is 79.0 cm³/mol. The van der Waals surface area contributed by atoms with E-state index in [1.165, 1.54) is 6.07 Å². The molecule has 3 rings (SSSR count). The topological polar surface area (TPSA) is 42.9 Å². The highest BCUT2D eigenvalue weighted by Gasteiger charge is 2.37. The highest BCUT2D eigenvalue weighted by atomic mass is 19.4. The maximum Gasteiger partial charge on any atom is 0.435 e. The minimum atomic E-state index is -4.66. The summed E-state index contributed by atoms with van der Waals surface area (Å²) in [6.07, 6.45) is -5.11. The number of Topliss-reactive ketones (excluding diaryl/α,β-unsaturated/α-hetero) is 1. The Morgan fingerprint density at radius 3 is 2.04 bits per heavy atom. The number of hydrogen-bond acceptors (Lipinski definition) is 3. The summed E-state index contributed by atoms with van der Waals surface area (Å²) in [7, 11) is 0. The molecule has 0 fully saturated rings. The molecule has 2 aromatic carbocycles. The number of carbonyl (C=O) groups is 1. The number of rotatable bonds is 3. The van der Waals surface area contributed by atoms with Gasteiger partial charge >= 0.3 is 6.18 Å². The van der Waals surface area contributed by atoms with Crippen LogP contribution in [0.1, 0.15) is 21.7 Å². The fraction of sp³-hybridized carbons (Fsp3) is 0.118. The lowest BCUT2D eigenvalue weighted by Crippen LogP contribution is -2.17. The Balaban J connectivity index is 2.06. The van der Waals surface area contributed by atoms with Gasteiger partial charge in [-0.15, -0.1) is 0 Å². The molecule has 0 aliphatic carbocycles. The Hall–Kier alpha value is -2.76. The van der Waals surface area contributed by atoms with Crippen LogP contribution in [0.15, 0.2) is 54.6 Å². The molecule has 6 heteroatoms. The number of nitrogens with zero attached hydrogens (tertiary/aromatic N) is 2. The number of carbonyl (C=O) groups excluding carboxylic acids is 1. The van der Waals surface area contributed by atoms with Gasteiger partial charge in [0, 0.05) is 5.56 Å². The lowest BCUT2D eigenvalue weighted by atomic mass is 10.0. The van der Waals surface area contributed by atoms with E-state index < -0.39 is 24.1 Å². The van der Waals surface area contributed by atoms with E-state index in [0.29, 0.717) is 11.1 Å². The zero-order valence-electron chi connectivity index (χ0n) is 11.8. The molecule has 0 bridgehead atoms. The van der Waals surface area contributed by atoms with Crippen LogP contribution in [0, 0.1) is 0 Å². The second kappa shape index (κ2) is 5.79. The Bertz CT molecular complexity index is 861. The maximum absolute atomic E-state index is 13.2. The molecule has 0 aliphatic heterocycles. The first-order chi connectivity index (χ1) is 10.9. The molecule has 0 spiro atoms. The monoisotopic (exact) mass is 316 g/mol. The zero-order valence-corrected chi connectivity index (χ0v) is 11.8. The number of ketones is 1. The molecule has 0 unspecified atom stereocenters. The largest absolute Gasteiger partial charge is 0.435 e. The van der Waals surface area contributed by atoms with Gasteiger partial charge in [-0.05, 0) is 12.1 Å². The number of halogens is 3. The van der Waals surface area contributed by atoms with E-state index in [9.17, 15) is 18.0 Å². The normalized spacial score (nSPS) is 11.6. The van der Waals surface area contributed by atoms with Crippen LogP contribution in [0.4, 0.5) is 13.2 Å².